The second-order valence-electron chi connectivity index (χ2n) is 9.18. The zero-order valence-corrected chi connectivity index (χ0v) is 23.0. The van der Waals surface area contributed by atoms with Crippen molar-refractivity contribution in [2.75, 3.05) is 92.5 Å². The van der Waals surface area contributed by atoms with Crippen LogP contribution in [0.15, 0.2) is 24.3 Å². The van der Waals surface area contributed by atoms with Crippen molar-refractivity contribution >= 4 is 0 Å². The van der Waals surface area contributed by atoms with E-state index in [9.17, 15) is 0 Å². The molecule has 0 atom stereocenters. The molecule has 0 N–H and O–H groups in total. The molecule has 0 saturated heterocycles. The lowest BCUT2D eigenvalue weighted by Crippen LogP contribution is -2.14. The van der Waals surface area contributed by atoms with Gasteiger partial charge in [-0.1, -0.05) is 39.8 Å². The number of ether oxygens (including phenoxy) is 8. The minimum absolute atomic E-state index is 0.438. The first-order valence-corrected chi connectivity index (χ1v) is 13.4. The molecule has 0 aliphatic rings. The predicted molar refractivity (Wildman–Crippen MR) is 141 cm³/mol. The lowest BCUT2D eigenvalue weighted by Gasteiger charge is -2.13. The predicted octanol–water partition coefficient (Wildman–Crippen LogP) is 4.64. The molecule has 1 aromatic rings. The van der Waals surface area contributed by atoms with Gasteiger partial charge in [-0.2, -0.15) is 0 Å². The molecule has 8 heteroatoms. The van der Waals surface area contributed by atoms with E-state index in [4.69, 9.17) is 37.9 Å². The van der Waals surface area contributed by atoms with Crippen LogP contribution in [0.4, 0.5) is 0 Å². The van der Waals surface area contributed by atoms with E-state index in [0.29, 0.717) is 103 Å². The fourth-order valence-corrected chi connectivity index (χ4v) is 2.83. The van der Waals surface area contributed by atoms with Crippen LogP contribution in [0.2, 0.25) is 0 Å². The molecule has 0 fully saturated rings. The maximum atomic E-state index is 5.81. The third-order valence-electron chi connectivity index (χ3n) is 4.99. The van der Waals surface area contributed by atoms with E-state index in [-0.39, 0.29) is 0 Å². The van der Waals surface area contributed by atoms with Crippen molar-refractivity contribution < 1.29 is 37.9 Å². The Hall–Kier alpha value is -1.42. The third-order valence-corrected chi connectivity index (χ3v) is 4.99. The summed E-state index contributed by atoms with van der Waals surface area (Å²) in [5.41, 5.74) is 0. The lowest BCUT2D eigenvalue weighted by molar-refractivity contribution is 0.00644. The van der Waals surface area contributed by atoms with E-state index < -0.39 is 0 Å². The van der Waals surface area contributed by atoms with Crippen LogP contribution < -0.4 is 9.47 Å². The van der Waals surface area contributed by atoms with Crippen LogP contribution in [-0.4, -0.2) is 92.5 Å². The summed E-state index contributed by atoms with van der Waals surface area (Å²) in [6, 6.07) is 7.60. The molecule has 0 aliphatic heterocycles. The Bertz CT molecular complexity index is 546. The van der Waals surface area contributed by atoms with Crippen molar-refractivity contribution in [2.45, 2.75) is 40.5 Å². The SMILES string of the molecule is CC(C)CCOCCOCCOCCOc1ccccc1OCCOCCOCCOCCC(C)C. The summed E-state index contributed by atoms with van der Waals surface area (Å²) in [5, 5.41) is 0. The molecular formula is C28H50O8. The van der Waals surface area contributed by atoms with Gasteiger partial charge in [0.15, 0.2) is 11.5 Å². The molecule has 0 aliphatic carbocycles. The number of hydrogen-bond acceptors (Lipinski definition) is 8. The molecule has 0 saturated carbocycles. The van der Waals surface area contributed by atoms with Crippen LogP contribution in [-0.2, 0) is 28.4 Å². The van der Waals surface area contributed by atoms with Crippen LogP contribution >= 0.6 is 0 Å². The second kappa shape index (κ2) is 23.9. The van der Waals surface area contributed by atoms with E-state index in [0.717, 1.165) is 26.1 Å². The zero-order valence-electron chi connectivity index (χ0n) is 23.0. The molecule has 0 amide bonds. The Kier molecular flexibility index (Phi) is 21.7. The Balaban J connectivity index is 1.96. The summed E-state index contributed by atoms with van der Waals surface area (Å²) < 4.78 is 44.8. The first kappa shape index (κ1) is 32.6. The van der Waals surface area contributed by atoms with Crippen molar-refractivity contribution in [3.05, 3.63) is 24.3 Å². The van der Waals surface area contributed by atoms with E-state index >= 15 is 0 Å². The quantitative estimate of drug-likeness (QED) is 0.166. The number of hydrogen-bond donors (Lipinski definition) is 0. The van der Waals surface area contributed by atoms with E-state index in [2.05, 4.69) is 27.7 Å². The minimum Gasteiger partial charge on any atom is -0.487 e. The number of benzene rings is 1. The van der Waals surface area contributed by atoms with E-state index in [1.54, 1.807) is 0 Å². The lowest BCUT2D eigenvalue weighted by atomic mass is 10.1. The maximum absolute atomic E-state index is 5.81. The highest BCUT2D eigenvalue weighted by Gasteiger charge is 2.04. The molecule has 0 aromatic heterocycles. The average Bonchev–Trinajstić information content (AvgIpc) is 2.85. The van der Waals surface area contributed by atoms with Gasteiger partial charge < -0.3 is 37.9 Å². The van der Waals surface area contributed by atoms with Crippen LogP contribution in [0, 0.1) is 11.8 Å². The van der Waals surface area contributed by atoms with Gasteiger partial charge in [-0.05, 0) is 36.8 Å². The highest BCUT2D eigenvalue weighted by molar-refractivity contribution is 5.39. The fraction of sp³-hybridized carbons (Fsp3) is 0.786. The smallest absolute Gasteiger partial charge is 0.161 e. The summed E-state index contributed by atoms with van der Waals surface area (Å²) in [6.07, 6.45) is 2.16. The van der Waals surface area contributed by atoms with Crippen molar-refractivity contribution in [3.8, 4) is 11.5 Å². The van der Waals surface area contributed by atoms with Crippen LogP contribution in [0.5, 0.6) is 11.5 Å². The standard InChI is InChI=1S/C28H50O8/c1-25(2)9-11-29-13-15-31-17-19-33-21-23-35-27-7-5-6-8-28(27)36-24-22-34-20-18-32-16-14-30-12-10-26(3)4/h5-8,25-26H,9-24H2,1-4H3. The molecule has 0 heterocycles. The fourth-order valence-electron chi connectivity index (χ4n) is 2.83. The Labute approximate surface area is 218 Å². The summed E-state index contributed by atoms with van der Waals surface area (Å²) in [5.74, 6) is 2.72. The van der Waals surface area contributed by atoms with Crippen LogP contribution in [0.3, 0.4) is 0 Å². The summed E-state index contributed by atoms with van der Waals surface area (Å²) in [4.78, 5) is 0. The molecule has 8 nitrogen and oxygen atoms in total. The third kappa shape index (κ3) is 20.7. The second-order valence-corrected chi connectivity index (χ2v) is 9.18. The van der Waals surface area contributed by atoms with Crippen molar-refractivity contribution in [1.29, 1.82) is 0 Å². The van der Waals surface area contributed by atoms with Crippen molar-refractivity contribution in [1.82, 2.24) is 0 Å². The van der Waals surface area contributed by atoms with Crippen LogP contribution in [0.25, 0.3) is 0 Å². The molecule has 1 rings (SSSR count). The first-order chi connectivity index (χ1) is 17.6. The molecule has 0 unspecified atom stereocenters. The highest BCUT2D eigenvalue weighted by atomic mass is 16.6. The topological polar surface area (TPSA) is 73.8 Å². The number of rotatable bonds is 26. The van der Waals surface area contributed by atoms with Gasteiger partial charge in [-0.25, -0.2) is 0 Å². The summed E-state index contributed by atoms with van der Waals surface area (Å²) in [7, 11) is 0. The van der Waals surface area contributed by atoms with Crippen molar-refractivity contribution in [3.63, 3.8) is 0 Å². The normalized spacial score (nSPS) is 11.5. The molecule has 0 bridgehead atoms. The van der Waals surface area contributed by atoms with Gasteiger partial charge in [0, 0.05) is 13.2 Å². The summed E-state index contributed by atoms with van der Waals surface area (Å²) in [6.45, 7) is 16.7. The van der Waals surface area contributed by atoms with Gasteiger partial charge in [0.2, 0.25) is 0 Å². The van der Waals surface area contributed by atoms with Gasteiger partial charge >= 0.3 is 0 Å². The largest absolute Gasteiger partial charge is 0.487 e. The molecule has 1 aromatic carbocycles. The van der Waals surface area contributed by atoms with E-state index in [1.165, 1.54) is 0 Å². The van der Waals surface area contributed by atoms with Gasteiger partial charge in [-0.15, -0.1) is 0 Å². The molecule has 210 valence electrons. The molecular weight excluding hydrogens is 464 g/mol. The van der Waals surface area contributed by atoms with Gasteiger partial charge in [0.05, 0.1) is 66.1 Å². The van der Waals surface area contributed by atoms with Gasteiger partial charge in [-0.3, -0.25) is 0 Å². The van der Waals surface area contributed by atoms with E-state index in [1.807, 2.05) is 24.3 Å². The van der Waals surface area contributed by atoms with Crippen molar-refractivity contribution in [2.24, 2.45) is 11.8 Å². The molecule has 0 radical (unpaired) electrons. The van der Waals surface area contributed by atoms with Gasteiger partial charge in [0.25, 0.3) is 0 Å². The number of para-hydroxylation sites is 2. The first-order valence-electron chi connectivity index (χ1n) is 13.4. The highest BCUT2D eigenvalue weighted by Crippen LogP contribution is 2.26. The monoisotopic (exact) mass is 514 g/mol. The zero-order chi connectivity index (χ0) is 26.1. The Morgan fingerprint density at radius 1 is 0.417 bits per heavy atom. The maximum Gasteiger partial charge on any atom is 0.161 e. The van der Waals surface area contributed by atoms with Gasteiger partial charge in [0.1, 0.15) is 13.2 Å². The summed E-state index contributed by atoms with van der Waals surface area (Å²) >= 11 is 0. The minimum atomic E-state index is 0.438. The molecule has 36 heavy (non-hydrogen) atoms. The van der Waals surface area contributed by atoms with Crippen LogP contribution in [0.1, 0.15) is 40.5 Å². The molecule has 0 spiro atoms. The Morgan fingerprint density at radius 3 is 1.00 bits per heavy atom. The average molecular weight is 515 g/mol. The Morgan fingerprint density at radius 2 is 0.694 bits per heavy atom.